The van der Waals surface area contributed by atoms with Gasteiger partial charge >= 0.3 is 6.18 Å². The van der Waals surface area contributed by atoms with E-state index in [1.165, 1.54) is 24.3 Å². The van der Waals surface area contributed by atoms with E-state index in [1.54, 1.807) is 0 Å². The first-order chi connectivity index (χ1) is 10.1. The topological polar surface area (TPSA) is 81.4 Å². The molecular weight excluding hydrogens is 369 g/mol. The summed E-state index contributed by atoms with van der Waals surface area (Å²) >= 11 is 2.91. The van der Waals surface area contributed by atoms with Gasteiger partial charge in [-0.3, -0.25) is 9.59 Å². The molecule has 122 valence electrons. The number of halogens is 4. The van der Waals surface area contributed by atoms with E-state index in [9.17, 15) is 22.8 Å². The van der Waals surface area contributed by atoms with E-state index in [2.05, 4.69) is 26.0 Å². The number of hydrogen-bond acceptors (Lipinski definition) is 3. The third-order valence-corrected chi connectivity index (χ3v) is 3.58. The summed E-state index contributed by atoms with van der Waals surface area (Å²) in [6.07, 6.45) is -7.16. The molecule has 0 saturated heterocycles. The number of methoxy groups -OCH3 is 1. The zero-order valence-corrected chi connectivity index (χ0v) is 13.1. The van der Waals surface area contributed by atoms with Gasteiger partial charge in [-0.2, -0.15) is 13.2 Å². The lowest BCUT2D eigenvalue weighted by molar-refractivity contribution is -0.213. The van der Waals surface area contributed by atoms with Crippen molar-refractivity contribution in [2.75, 3.05) is 12.4 Å². The minimum absolute atomic E-state index is 0.255. The number of benzene rings is 1. The first-order valence-corrected chi connectivity index (χ1v) is 7.01. The Bertz CT molecular complexity index is 534. The van der Waals surface area contributed by atoms with Crippen LogP contribution < -0.4 is 11.1 Å². The molecule has 5 nitrogen and oxygen atoms in total. The maximum Gasteiger partial charge on any atom is 0.414 e. The van der Waals surface area contributed by atoms with E-state index >= 15 is 0 Å². The molecule has 3 N–H and O–H groups in total. The van der Waals surface area contributed by atoms with Crippen LogP contribution in [0.15, 0.2) is 24.3 Å². The molecule has 1 aromatic rings. The lowest BCUT2D eigenvalue weighted by atomic mass is 10.1. The predicted octanol–water partition coefficient (Wildman–Crippen LogP) is 2.45. The third kappa shape index (κ3) is 5.30. The van der Waals surface area contributed by atoms with Crippen molar-refractivity contribution in [2.24, 2.45) is 5.73 Å². The van der Waals surface area contributed by atoms with Gasteiger partial charge in [-0.1, -0.05) is 15.9 Å². The average molecular weight is 383 g/mol. The van der Waals surface area contributed by atoms with Crippen molar-refractivity contribution >= 4 is 33.4 Å². The largest absolute Gasteiger partial charge is 0.414 e. The second-order valence-electron chi connectivity index (χ2n) is 4.40. The van der Waals surface area contributed by atoms with Crippen molar-refractivity contribution in [3.05, 3.63) is 29.8 Å². The van der Waals surface area contributed by atoms with Gasteiger partial charge in [0.1, 0.15) is 0 Å². The standard InChI is InChI=1S/C13H14BrF3N2O3/c1-22-10(13(15,16)17)6-9(14)12(21)19-8-4-2-7(3-5-8)11(18)20/h2-5,9-10H,6H2,1H3,(H2,18,20)(H,19,21)/t9-,10-/m1/s1. The second kappa shape index (κ2) is 7.59. The molecule has 2 atom stereocenters. The minimum atomic E-state index is -4.55. The average Bonchev–Trinajstić information content (AvgIpc) is 2.43. The van der Waals surface area contributed by atoms with Crippen LogP contribution in [0.4, 0.5) is 18.9 Å². The van der Waals surface area contributed by atoms with Gasteiger partial charge in [0.2, 0.25) is 11.8 Å². The molecule has 22 heavy (non-hydrogen) atoms. The molecule has 0 fully saturated rings. The molecule has 9 heteroatoms. The Kier molecular flexibility index (Phi) is 6.36. The lowest BCUT2D eigenvalue weighted by Crippen LogP contribution is -2.36. The molecule has 0 saturated carbocycles. The Hall–Kier alpha value is -1.61. The number of hydrogen-bond donors (Lipinski definition) is 2. The maximum absolute atomic E-state index is 12.6. The van der Waals surface area contributed by atoms with E-state index in [0.717, 1.165) is 7.11 Å². The highest BCUT2D eigenvalue weighted by atomic mass is 79.9. The van der Waals surface area contributed by atoms with E-state index in [0.29, 0.717) is 5.69 Å². The van der Waals surface area contributed by atoms with Gasteiger partial charge in [-0.15, -0.1) is 0 Å². The summed E-state index contributed by atoms with van der Waals surface area (Å²) in [6, 6.07) is 5.65. The Morgan fingerprint density at radius 1 is 1.32 bits per heavy atom. The van der Waals surface area contributed by atoms with E-state index in [4.69, 9.17) is 5.73 Å². The van der Waals surface area contributed by atoms with E-state index in [-0.39, 0.29) is 5.56 Å². The number of nitrogens with two attached hydrogens (primary N) is 1. The zero-order valence-electron chi connectivity index (χ0n) is 11.5. The number of carbonyl (C=O) groups excluding carboxylic acids is 2. The molecule has 0 unspecified atom stereocenters. The van der Waals surface area contributed by atoms with Crippen molar-refractivity contribution in [2.45, 2.75) is 23.5 Å². The first kappa shape index (κ1) is 18.4. The van der Waals surface area contributed by atoms with E-state index in [1.807, 2.05) is 0 Å². The molecule has 0 aromatic heterocycles. The van der Waals surface area contributed by atoms with Gasteiger partial charge in [-0.25, -0.2) is 0 Å². The highest BCUT2D eigenvalue weighted by molar-refractivity contribution is 9.10. The summed E-state index contributed by atoms with van der Waals surface area (Å²) in [6.45, 7) is 0. The van der Waals surface area contributed by atoms with Crippen molar-refractivity contribution in [3.8, 4) is 0 Å². The third-order valence-electron chi connectivity index (χ3n) is 2.79. The fourth-order valence-corrected chi connectivity index (χ4v) is 2.05. The Balaban J connectivity index is 2.66. The smallest absolute Gasteiger partial charge is 0.372 e. The molecule has 2 amide bonds. The number of nitrogens with one attached hydrogen (secondary N) is 1. The molecule has 1 aromatic carbocycles. The van der Waals surface area contributed by atoms with Crippen LogP contribution in [0.1, 0.15) is 16.8 Å². The SMILES string of the molecule is CO[C@H](C[C@@H](Br)C(=O)Nc1ccc(C(N)=O)cc1)C(F)(F)F. The molecule has 0 aliphatic rings. The van der Waals surface area contributed by atoms with Gasteiger partial charge in [0.15, 0.2) is 6.10 Å². The van der Waals surface area contributed by atoms with E-state index < -0.39 is 35.3 Å². The van der Waals surface area contributed by atoms with Crippen molar-refractivity contribution in [1.29, 1.82) is 0 Å². The predicted molar refractivity (Wildman–Crippen MR) is 77.8 cm³/mol. The van der Waals surface area contributed by atoms with Gasteiger partial charge in [0.05, 0.1) is 4.83 Å². The quantitative estimate of drug-likeness (QED) is 0.741. The number of carbonyl (C=O) groups is 2. The Morgan fingerprint density at radius 2 is 1.86 bits per heavy atom. The molecule has 0 spiro atoms. The van der Waals surface area contributed by atoms with Crippen molar-refractivity contribution in [1.82, 2.24) is 0 Å². The molecule has 0 aliphatic carbocycles. The number of amides is 2. The molecule has 0 radical (unpaired) electrons. The summed E-state index contributed by atoms with van der Waals surface area (Å²) in [5, 5.41) is 2.43. The summed E-state index contributed by atoms with van der Waals surface area (Å²) < 4.78 is 42.1. The van der Waals surface area contributed by atoms with Gasteiger partial charge in [0.25, 0.3) is 0 Å². The van der Waals surface area contributed by atoms with Gasteiger partial charge < -0.3 is 15.8 Å². The second-order valence-corrected chi connectivity index (χ2v) is 5.51. The van der Waals surface area contributed by atoms with Crippen molar-refractivity contribution in [3.63, 3.8) is 0 Å². The highest BCUT2D eigenvalue weighted by Crippen LogP contribution is 2.28. The summed E-state index contributed by atoms with van der Waals surface area (Å²) in [4.78, 5) is 21.6. The normalized spacial score (nSPS) is 14.2. The van der Waals surface area contributed by atoms with Crippen LogP contribution in [0.2, 0.25) is 0 Å². The van der Waals surface area contributed by atoms with Crippen LogP contribution in [0.5, 0.6) is 0 Å². The minimum Gasteiger partial charge on any atom is -0.372 e. The van der Waals surface area contributed by atoms with Crippen LogP contribution in [0.25, 0.3) is 0 Å². The lowest BCUT2D eigenvalue weighted by Gasteiger charge is -2.21. The monoisotopic (exact) mass is 382 g/mol. The molecular formula is C13H14BrF3N2O3. The van der Waals surface area contributed by atoms with Gasteiger partial charge in [-0.05, 0) is 24.3 Å². The summed E-state index contributed by atoms with van der Waals surface area (Å²) in [5.41, 5.74) is 5.66. The number of rotatable bonds is 6. The zero-order chi connectivity index (χ0) is 16.9. The number of anilines is 1. The molecule has 0 heterocycles. The fourth-order valence-electron chi connectivity index (χ4n) is 1.60. The molecule has 0 aliphatic heterocycles. The number of primary amides is 1. The van der Waals surface area contributed by atoms with Crippen LogP contribution in [-0.4, -0.2) is 36.0 Å². The number of ether oxygens (including phenoxy) is 1. The van der Waals surface area contributed by atoms with Crippen molar-refractivity contribution < 1.29 is 27.5 Å². The van der Waals surface area contributed by atoms with Gasteiger partial charge in [0, 0.05) is 24.8 Å². The summed E-state index contributed by atoms with van der Waals surface area (Å²) in [7, 11) is 0.929. The van der Waals surface area contributed by atoms with Crippen LogP contribution >= 0.6 is 15.9 Å². The first-order valence-electron chi connectivity index (χ1n) is 6.09. The Labute approximate surface area is 133 Å². The number of alkyl halides is 4. The Morgan fingerprint density at radius 3 is 2.27 bits per heavy atom. The summed E-state index contributed by atoms with van der Waals surface area (Å²) in [5.74, 6) is -1.28. The molecule has 0 bridgehead atoms. The van der Waals surface area contributed by atoms with Crippen LogP contribution in [0.3, 0.4) is 0 Å². The highest BCUT2D eigenvalue weighted by Gasteiger charge is 2.41. The fraction of sp³-hybridized carbons (Fsp3) is 0.385. The van der Waals surface area contributed by atoms with Crippen LogP contribution in [-0.2, 0) is 9.53 Å². The maximum atomic E-state index is 12.6. The molecule has 1 rings (SSSR count). The van der Waals surface area contributed by atoms with Crippen LogP contribution in [0, 0.1) is 0 Å².